The van der Waals surface area contributed by atoms with Crippen LogP contribution in [0.5, 0.6) is 0 Å². The molecule has 3 nitrogen and oxygen atoms in total. The van der Waals surface area contributed by atoms with Gasteiger partial charge < -0.3 is 10.2 Å². The van der Waals surface area contributed by atoms with E-state index in [4.69, 9.17) is 12.2 Å². The highest BCUT2D eigenvalue weighted by molar-refractivity contribution is 7.80. The molecule has 1 heterocycles. The van der Waals surface area contributed by atoms with Gasteiger partial charge in [-0.2, -0.15) is 0 Å². The molecule has 1 rings (SSSR count). The molecule has 4 heteroatoms. The fourth-order valence-corrected chi connectivity index (χ4v) is 1.84. The number of carbonyl (C=O) groups is 1. The Morgan fingerprint density at radius 1 is 1.38 bits per heavy atom. The van der Waals surface area contributed by atoms with E-state index >= 15 is 0 Å². The number of thiocarbonyl (C=S) groups is 1. The maximum atomic E-state index is 11.7. The van der Waals surface area contributed by atoms with E-state index in [0.29, 0.717) is 0 Å². The number of amides is 1. The summed E-state index contributed by atoms with van der Waals surface area (Å²) in [4.78, 5) is 14.2. The summed E-state index contributed by atoms with van der Waals surface area (Å²) in [5, 5.41) is 3.04. The molecule has 1 amide bonds. The molecule has 0 aromatic carbocycles. The minimum absolute atomic E-state index is 0.110. The van der Waals surface area contributed by atoms with E-state index < -0.39 is 0 Å². The van der Waals surface area contributed by atoms with Gasteiger partial charge in [0, 0.05) is 19.0 Å². The number of nitrogens with one attached hydrogen (secondary N) is 1. The third-order valence-electron chi connectivity index (χ3n) is 2.82. The Kier molecular flexibility index (Phi) is 2.91. The second-order valence-electron chi connectivity index (χ2n) is 3.71. The van der Waals surface area contributed by atoms with Crippen LogP contribution in [-0.4, -0.2) is 34.9 Å². The Labute approximate surface area is 84.5 Å². The Morgan fingerprint density at radius 2 is 1.92 bits per heavy atom. The first-order chi connectivity index (χ1) is 5.95. The van der Waals surface area contributed by atoms with E-state index in [2.05, 4.69) is 5.32 Å². The minimum atomic E-state index is -0.190. The molecule has 0 radical (unpaired) electrons. The summed E-state index contributed by atoms with van der Waals surface area (Å²) in [5.41, 5.74) is 0. The molecule has 3 unspecified atom stereocenters. The quantitative estimate of drug-likeness (QED) is 0.587. The molecular weight excluding hydrogens is 184 g/mol. The first-order valence-electron chi connectivity index (χ1n) is 4.52. The third-order valence-corrected chi connectivity index (χ3v) is 3.31. The molecule has 1 N–H and O–H groups in total. The molecule has 0 saturated carbocycles. The van der Waals surface area contributed by atoms with E-state index in [1.54, 1.807) is 4.90 Å². The Hall–Kier alpha value is -0.640. The highest BCUT2D eigenvalue weighted by Crippen LogP contribution is 2.15. The molecule has 0 aromatic rings. The topological polar surface area (TPSA) is 32.3 Å². The maximum absolute atomic E-state index is 11.7. The lowest BCUT2D eigenvalue weighted by Gasteiger charge is -2.26. The summed E-state index contributed by atoms with van der Waals surface area (Å²) in [5.74, 6) is 0.341. The van der Waals surface area contributed by atoms with Crippen LogP contribution in [0.1, 0.15) is 20.8 Å². The molecule has 1 fully saturated rings. The lowest BCUT2D eigenvalue weighted by molar-refractivity contribution is -0.132. The van der Waals surface area contributed by atoms with E-state index in [0.717, 1.165) is 4.99 Å². The van der Waals surface area contributed by atoms with Crippen LogP contribution >= 0.6 is 12.2 Å². The van der Waals surface area contributed by atoms with Crippen LogP contribution in [0.4, 0.5) is 0 Å². The highest BCUT2D eigenvalue weighted by atomic mass is 32.1. The van der Waals surface area contributed by atoms with E-state index in [9.17, 15) is 4.79 Å². The van der Waals surface area contributed by atoms with Crippen LogP contribution in [0.15, 0.2) is 0 Å². The predicted octanol–water partition coefficient (Wildman–Crippen LogP) is 0.788. The van der Waals surface area contributed by atoms with E-state index in [-0.39, 0.29) is 23.9 Å². The fourth-order valence-electron chi connectivity index (χ4n) is 1.47. The van der Waals surface area contributed by atoms with Gasteiger partial charge in [0.2, 0.25) is 5.91 Å². The van der Waals surface area contributed by atoms with Gasteiger partial charge in [0.05, 0.1) is 4.99 Å². The summed E-state index contributed by atoms with van der Waals surface area (Å²) < 4.78 is 0. The molecule has 1 aliphatic rings. The summed E-state index contributed by atoms with van der Waals surface area (Å²) >= 11 is 5.19. The Bertz CT molecular complexity index is 242. The minimum Gasteiger partial charge on any atom is -0.368 e. The van der Waals surface area contributed by atoms with Crippen molar-refractivity contribution in [1.29, 1.82) is 0 Å². The number of hydrogen-bond acceptors (Lipinski definition) is 2. The number of hydrogen-bond donors (Lipinski definition) is 1. The molecule has 3 atom stereocenters. The van der Waals surface area contributed by atoms with E-state index in [1.807, 2.05) is 27.8 Å². The molecule has 74 valence electrons. The van der Waals surface area contributed by atoms with Crippen LogP contribution in [0.2, 0.25) is 0 Å². The van der Waals surface area contributed by atoms with Gasteiger partial charge in [0.1, 0.15) is 6.04 Å². The average Bonchev–Trinajstić information content (AvgIpc) is 2.15. The van der Waals surface area contributed by atoms with Gasteiger partial charge in [0.25, 0.3) is 0 Å². The second-order valence-corrected chi connectivity index (χ2v) is 4.15. The van der Waals surface area contributed by atoms with Crippen molar-refractivity contribution in [2.45, 2.75) is 32.9 Å². The smallest absolute Gasteiger partial charge is 0.244 e. The zero-order chi connectivity index (χ0) is 10.2. The molecule has 1 saturated heterocycles. The van der Waals surface area contributed by atoms with Gasteiger partial charge in [-0.15, -0.1) is 0 Å². The largest absolute Gasteiger partial charge is 0.368 e. The van der Waals surface area contributed by atoms with Crippen LogP contribution < -0.4 is 5.32 Å². The zero-order valence-electron chi connectivity index (χ0n) is 8.50. The van der Waals surface area contributed by atoms with Gasteiger partial charge >= 0.3 is 0 Å². The predicted molar refractivity (Wildman–Crippen MR) is 56.6 cm³/mol. The van der Waals surface area contributed by atoms with Crippen LogP contribution in [0.3, 0.4) is 0 Å². The molecule has 13 heavy (non-hydrogen) atoms. The number of rotatable bonds is 0. The number of likely N-dealkylation sites (N-methyl/N-ethyl adjacent to an activating group) is 1. The first kappa shape index (κ1) is 10.4. The van der Waals surface area contributed by atoms with Crippen LogP contribution in [0, 0.1) is 5.92 Å². The average molecular weight is 200 g/mol. The zero-order valence-corrected chi connectivity index (χ0v) is 9.31. The number of carbonyl (C=O) groups excluding carboxylic acids is 1. The highest BCUT2D eigenvalue weighted by Gasteiger charge is 2.31. The van der Waals surface area contributed by atoms with Gasteiger partial charge in [-0.25, -0.2) is 0 Å². The van der Waals surface area contributed by atoms with Crippen molar-refractivity contribution in [3.63, 3.8) is 0 Å². The van der Waals surface area contributed by atoms with E-state index in [1.165, 1.54) is 0 Å². The van der Waals surface area contributed by atoms with Crippen molar-refractivity contribution in [3.8, 4) is 0 Å². The van der Waals surface area contributed by atoms with Crippen molar-refractivity contribution in [2.24, 2.45) is 5.92 Å². The summed E-state index contributed by atoms with van der Waals surface area (Å²) in [7, 11) is 1.83. The van der Waals surface area contributed by atoms with Gasteiger partial charge in [-0.05, 0) is 13.8 Å². The second kappa shape index (κ2) is 3.62. The molecule has 1 aliphatic heterocycles. The Morgan fingerprint density at radius 3 is 2.46 bits per heavy atom. The van der Waals surface area contributed by atoms with Gasteiger partial charge in [-0.1, -0.05) is 19.1 Å². The monoisotopic (exact) mass is 200 g/mol. The van der Waals surface area contributed by atoms with Crippen molar-refractivity contribution in [2.75, 3.05) is 7.05 Å². The molecule has 0 aliphatic carbocycles. The SMILES string of the molecule is CC1NC(=S)C(C)C(C)N(C)C1=O. The number of nitrogens with zero attached hydrogens (tertiary/aromatic N) is 1. The third kappa shape index (κ3) is 1.82. The van der Waals surface area contributed by atoms with Crippen molar-refractivity contribution >= 4 is 23.1 Å². The first-order valence-corrected chi connectivity index (χ1v) is 4.93. The molecule has 0 spiro atoms. The van der Waals surface area contributed by atoms with Crippen LogP contribution in [0.25, 0.3) is 0 Å². The molecule has 0 aromatic heterocycles. The Balaban J connectivity index is 2.92. The van der Waals surface area contributed by atoms with Crippen molar-refractivity contribution in [1.82, 2.24) is 10.2 Å². The summed E-state index contributed by atoms with van der Waals surface area (Å²) in [6.07, 6.45) is 0. The standard InChI is InChI=1S/C9H16N2OS/c1-5-7(3)11(4)9(12)6(2)10-8(5)13/h5-7H,1-4H3,(H,10,13). The lowest BCUT2D eigenvalue weighted by atomic mass is 10.0. The normalized spacial score (nSPS) is 35.7. The fraction of sp³-hybridized carbons (Fsp3) is 0.778. The molecule has 0 bridgehead atoms. The van der Waals surface area contributed by atoms with Crippen LogP contribution in [-0.2, 0) is 4.79 Å². The van der Waals surface area contributed by atoms with Gasteiger partial charge in [-0.3, -0.25) is 4.79 Å². The summed E-state index contributed by atoms with van der Waals surface area (Å²) in [6, 6.07) is -0.0117. The van der Waals surface area contributed by atoms with Gasteiger partial charge in [0.15, 0.2) is 0 Å². The summed E-state index contributed by atoms with van der Waals surface area (Å²) in [6.45, 7) is 5.91. The maximum Gasteiger partial charge on any atom is 0.244 e. The van der Waals surface area contributed by atoms with Crippen molar-refractivity contribution in [3.05, 3.63) is 0 Å². The lowest BCUT2D eigenvalue weighted by Crippen LogP contribution is -2.42. The van der Waals surface area contributed by atoms with Crippen molar-refractivity contribution < 1.29 is 4.79 Å². The molecular formula is C9H16N2OS.